The summed E-state index contributed by atoms with van der Waals surface area (Å²) in [6, 6.07) is 5.27. The fourth-order valence-electron chi connectivity index (χ4n) is 3.99. The van der Waals surface area contributed by atoms with Gasteiger partial charge in [0.2, 0.25) is 17.4 Å². The molecular formula is C26H19ClF6N2O7. The first kappa shape index (κ1) is 29.5. The van der Waals surface area contributed by atoms with Crippen LogP contribution < -0.4 is 24.3 Å². The molecule has 1 saturated heterocycles. The Morgan fingerprint density at radius 3 is 2.55 bits per heavy atom. The Labute approximate surface area is 238 Å². The highest BCUT2D eigenvalue weighted by Gasteiger charge is 2.47. The largest absolute Gasteiger partial charge is 0.586 e. The Hall–Kier alpha value is -3.95. The molecule has 224 valence electrons. The second-order valence-corrected chi connectivity index (χ2v) is 9.81. The van der Waals surface area contributed by atoms with Gasteiger partial charge in [-0.05, 0) is 44.2 Å². The summed E-state index contributed by atoms with van der Waals surface area (Å²) >= 11 is 5.84. The molecular weight excluding hydrogens is 602 g/mol. The molecule has 0 aliphatic carbocycles. The van der Waals surface area contributed by atoms with Crippen molar-refractivity contribution in [3.63, 3.8) is 0 Å². The first-order valence-electron chi connectivity index (χ1n) is 12.0. The van der Waals surface area contributed by atoms with E-state index in [1.54, 1.807) is 13.8 Å². The van der Waals surface area contributed by atoms with Crippen LogP contribution in [0.25, 0.3) is 0 Å². The third-order valence-electron chi connectivity index (χ3n) is 5.79. The second kappa shape index (κ2) is 10.7. The minimum absolute atomic E-state index is 0.0765. The molecule has 9 nitrogen and oxygen atoms in total. The Bertz CT molecular complexity index is 1540. The first-order valence-corrected chi connectivity index (χ1v) is 12.4. The van der Waals surface area contributed by atoms with Crippen molar-refractivity contribution in [2.75, 3.05) is 18.5 Å². The van der Waals surface area contributed by atoms with Crippen molar-refractivity contribution in [3.05, 3.63) is 64.6 Å². The molecule has 3 heterocycles. The van der Waals surface area contributed by atoms with Crippen molar-refractivity contribution in [2.24, 2.45) is 0 Å². The number of hydrogen-bond donors (Lipinski definition) is 1. The zero-order chi connectivity index (χ0) is 30.4. The SMILES string of the molecule is CC1(C)OC[C@H](COc2cc(NC(=O)c3cc(Cl)c(C(F)(F)F)cc3Oc3ccc(F)c4c3OC(F)(F)O4)ccn2)O1. The van der Waals surface area contributed by atoms with Gasteiger partial charge in [-0.25, -0.2) is 9.37 Å². The van der Waals surface area contributed by atoms with E-state index >= 15 is 0 Å². The molecule has 0 bridgehead atoms. The maximum absolute atomic E-state index is 14.0. The van der Waals surface area contributed by atoms with Crippen molar-refractivity contribution in [3.8, 4) is 28.9 Å². The predicted molar refractivity (Wildman–Crippen MR) is 132 cm³/mol. The lowest BCUT2D eigenvalue weighted by atomic mass is 10.1. The van der Waals surface area contributed by atoms with Crippen LogP contribution in [0.4, 0.5) is 32.0 Å². The smallest absolute Gasteiger partial charge is 0.475 e. The summed E-state index contributed by atoms with van der Waals surface area (Å²) in [5, 5.41) is 1.60. The van der Waals surface area contributed by atoms with Crippen LogP contribution in [-0.2, 0) is 15.7 Å². The van der Waals surface area contributed by atoms with Gasteiger partial charge in [-0.3, -0.25) is 4.79 Å². The summed E-state index contributed by atoms with van der Waals surface area (Å²) < 4.78 is 113. The molecule has 1 amide bonds. The number of amides is 1. The number of carbonyl (C=O) groups is 1. The number of rotatable bonds is 7. The van der Waals surface area contributed by atoms with E-state index in [1.807, 2.05) is 0 Å². The molecule has 2 aromatic carbocycles. The van der Waals surface area contributed by atoms with Gasteiger partial charge in [0.25, 0.3) is 5.91 Å². The Balaban J connectivity index is 1.41. The molecule has 2 aliphatic rings. The first-order chi connectivity index (χ1) is 19.6. The second-order valence-electron chi connectivity index (χ2n) is 9.40. The van der Waals surface area contributed by atoms with Crippen LogP contribution in [0.1, 0.15) is 29.8 Å². The van der Waals surface area contributed by atoms with Gasteiger partial charge in [0.15, 0.2) is 17.4 Å². The number of aromatic nitrogens is 1. The molecule has 3 aromatic rings. The zero-order valence-corrected chi connectivity index (χ0v) is 22.2. The Kier molecular flexibility index (Phi) is 7.53. The van der Waals surface area contributed by atoms with E-state index in [1.165, 1.54) is 18.3 Å². The maximum Gasteiger partial charge on any atom is 0.586 e. The summed E-state index contributed by atoms with van der Waals surface area (Å²) in [4.78, 5) is 17.3. The van der Waals surface area contributed by atoms with Crippen LogP contribution in [0.3, 0.4) is 0 Å². The number of nitrogens with one attached hydrogen (secondary N) is 1. The standard InChI is InChI=1S/C26H19ClF6N2O7/c1-24(2)38-11-13(40-24)10-37-20-7-12(5-6-34-20)35-23(36)14-8-16(27)15(25(29,30)31)9-19(14)39-18-4-3-17(28)21-22(18)42-26(32,33)41-21/h3-9,13H,10-11H2,1-2H3,(H,34,35,36)/t13-/m0/s1. The third-order valence-corrected chi connectivity index (χ3v) is 6.10. The molecule has 2 aliphatic heterocycles. The van der Waals surface area contributed by atoms with Gasteiger partial charge in [-0.2, -0.15) is 13.2 Å². The minimum Gasteiger partial charge on any atom is -0.475 e. The van der Waals surface area contributed by atoms with Gasteiger partial charge >= 0.3 is 12.5 Å². The molecule has 0 radical (unpaired) electrons. The molecule has 1 atom stereocenters. The Morgan fingerprint density at radius 2 is 1.86 bits per heavy atom. The summed E-state index contributed by atoms with van der Waals surface area (Å²) in [7, 11) is 0. The van der Waals surface area contributed by atoms with Crippen molar-refractivity contribution in [1.82, 2.24) is 4.98 Å². The molecule has 42 heavy (non-hydrogen) atoms. The number of benzene rings is 2. The monoisotopic (exact) mass is 620 g/mol. The van der Waals surface area contributed by atoms with E-state index in [0.717, 1.165) is 6.07 Å². The van der Waals surface area contributed by atoms with E-state index in [0.29, 0.717) is 18.2 Å². The summed E-state index contributed by atoms with van der Waals surface area (Å²) in [6.07, 6.45) is -8.33. The van der Waals surface area contributed by atoms with E-state index < -0.39 is 69.1 Å². The van der Waals surface area contributed by atoms with Gasteiger partial charge in [0.1, 0.15) is 18.5 Å². The highest BCUT2D eigenvalue weighted by Crippen LogP contribution is 2.50. The van der Waals surface area contributed by atoms with Gasteiger partial charge < -0.3 is 33.7 Å². The molecule has 16 heteroatoms. The maximum atomic E-state index is 14.0. The number of anilines is 1. The van der Waals surface area contributed by atoms with Crippen LogP contribution in [0.2, 0.25) is 5.02 Å². The van der Waals surface area contributed by atoms with Crippen LogP contribution in [0.5, 0.6) is 28.9 Å². The van der Waals surface area contributed by atoms with Gasteiger partial charge in [-0.15, -0.1) is 8.78 Å². The predicted octanol–water partition coefficient (Wildman–Crippen LogP) is 6.79. The van der Waals surface area contributed by atoms with Crippen molar-refractivity contribution in [2.45, 2.75) is 38.2 Å². The average Bonchev–Trinajstić information content (AvgIpc) is 3.42. The van der Waals surface area contributed by atoms with Crippen LogP contribution in [-0.4, -0.2) is 42.3 Å². The number of nitrogens with zero attached hydrogens (tertiary/aromatic N) is 1. The summed E-state index contributed by atoms with van der Waals surface area (Å²) in [6.45, 7) is 3.85. The van der Waals surface area contributed by atoms with Gasteiger partial charge in [0.05, 0.1) is 22.8 Å². The van der Waals surface area contributed by atoms with Crippen LogP contribution >= 0.6 is 11.6 Å². The van der Waals surface area contributed by atoms with E-state index in [9.17, 15) is 31.1 Å². The number of halogens is 7. The van der Waals surface area contributed by atoms with Crippen molar-refractivity contribution < 1.29 is 59.6 Å². The average molecular weight is 621 g/mol. The molecule has 1 aromatic heterocycles. The lowest BCUT2D eigenvalue weighted by Crippen LogP contribution is -2.26. The third kappa shape index (κ3) is 6.42. The number of ether oxygens (including phenoxy) is 6. The minimum atomic E-state index is -4.98. The lowest BCUT2D eigenvalue weighted by Gasteiger charge is -2.17. The zero-order valence-electron chi connectivity index (χ0n) is 21.5. The fraction of sp³-hybridized carbons (Fsp3) is 0.308. The van der Waals surface area contributed by atoms with E-state index in [2.05, 4.69) is 19.8 Å². The highest BCUT2D eigenvalue weighted by molar-refractivity contribution is 6.32. The molecule has 5 rings (SSSR count). The van der Waals surface area contributed by atoms with Gasteiger partial charge in [-0.1, -0.05) is 11.6 Å². The number of pyridine rings is 1. The number of hydrogen-bond acceptors (Lipinski definition) is 8. The molecule has 1 N–H and O–H groups in total. The molecule has 0 unspecified atom stereocenters. The number of alkyl halides is 5. The lowest BCUT2D eigenvalue weighted by molar-refractivity contribution is -0.287. The Morgan fingerprint density at radius 1 is 1.12 bits per heavy atom. The number of fused-ring (bicyclic) bond motifs is 1. The summed E-state index contributed by atoms with van der Waals surface area (Å²) in [5.41, 5.74) is -1.80. The highest BCUT2D eigenvalue weighted by atomic mass is 35.5. The number of carbonyl (C=O) groups excluding carboxylic acids is 1. The fourth-order valence-corrected chi connectivity index (χ4v) is 4.26. The molecule has 0 saturated carbocycles. The van der Waals surface area contributed by atoms with Crippen LogP contribution in [0, 0.1) is 5.82 Å². The molecule has 1 fully saturated rings. The topological polar surface area (TPSA) is 97.4 Å². The van der Waals surface area contributed by atoms with E-state index in [4.69, 9.17) is 30.5 Å². The normalized spacial score (nSPS) is 18.5. The van der Waals surface area contributed by atoms with Crippen molar-refractivity contribution >= 4 is 23.2 Å². The van der Waals surface area contributed by atoms with E-state index in [-0.39, 0.29) is 30.9 Å². The molecule has 0 spiro atoms. The van der Waals surface area contributed by atoms with Crippen LogP contribution in [0.15, 0.2) is 42.6 Å². The van der Waals surface area contributed by atoms with Crippen molar-refractivity contribution in [1.29, 1.82) is 0 Å². The van der Waals surface area contributed by atoms with Gasteiger partial charge in [0, 0.05) is 18.0 Å². The quantitative estimate of drug-likeness (QED) is 0.289. The summed E-state index contributed by atoms with van der Waals surface area (Å²) in [5.74, 6) is -6.31.